The Morgan fingerprint density at radius 2 is 1.28 bits per heavy atom. The van der Waals surface area contributed by atoms with E-state index in [1.165, 1.54) is 31.7 Å². The Kier molecular flexibility index (Phi) is 10.4. The molecule has 2 aromatic rings. The minimum absolute atomic E-state index is 0. The Morgan fingerprint density at radius 1 is 0.800 bits per heavy atom. The third kappa shape index (κ3) is 5.49. The van der Waals surface area contributed by atoms with Crippen LogP contribution in [0.1, 0.15) is 41.5 Å². The SMILES string of the molecule is CC1=C(C(c2cccc(C)c2)c2cccc(C)c2)CC=[C]1[Ti+3].[Cl-].[Cl-].[Cl-]. The molecule has 0 atom stereocenters. The molecule has 0 nitrogen and oxygen atoms in total. The van der Waals surface area contributed by atoms with Crippen molar-refractivity contribution in [2.75, 3.05) is 0 Å². The van der Waals surface area contributed by atoms with Crippen molar-refractivity contribution in [2.24, 2.45) is 0 Å². The van der Waals surface area contributed by atoms with E-state index >= 15 is 0 Å². The predicted molar refractivity (Wildman–Crippen MR) is 89.6 cm³/mol. The van der Waals surface area contributed by atoms with E-state index in [9.17, 15) is 0 Å². The zero-order valence-corrected chi connectivity index (χ0v) is 18.4. The standard InChI is InChI=1S/C21H21.3ClH.Ti/c1-15-7-4-10-18(13-15)21(20-12-6-9-17(20)3)19-11-5-8-16(2)14-19;;;;/h4-8,10-11,13-14,21H,12H2,1-3H3;3*1H;/q;;;;+3/p-3. The van der Waals surface area contributed by atoms with Gasteiger partial charge in [0.2, 0.25) is 0 Å². The molecule has 0 radical (unpaired) electrons. The van der Waals surface area contributed by atoms with Gasteiger partial charge in [-0.1, -0.05) is 0 Å². The van der Waals surface area contributed by atoms with Crippen molar-refractivity contribution in [2.45, 2.75) is 33.1 Å². The van der Waals surface area contributed by atoms with Crippen LogP contribution in [0.25, 0.3) is 0 Å². The molecular weight excluding hydrogens is 406 g/mol. The van der Waals surface area contributed by atoms with Crippen LogP contribution in [0.3, 0.4) is 0 Å². The molecule has 0 bridgehead atoms. The van der Waals surface area contributed by atoms with Crippen molar-refractivity contribution in [3.8, 4) is 0 Å². The summed E-state index contributed by atoms with van der Waals surface area (Å²) in [6.07, 6.45) is 3.44. The molecule has 0 fully saturated rings. The van der Waals surface area contributed by atoms with E-state index in [2.05, 4.69) is 95.8 Å². The van der Waals surface area contributed by atoms with Crippen LogP contribution in [0.4, 0.5) is 0 Å². The summed E-state index contributed by atoms with van der Waals surface area (Å²) in [6, 6.07) is 17.9. The number of hydrogen-bond donors (Lipinski definition) is 0. The van der Waals surface area contributed by atoms with Crippen LogP contribution in [0.2, 0.25) is 0 Å². The van der Waals surface area contributed by atoms with Crippen LogP contribution in [0.15, 0.2) is 69.6 Å². The first kappa shape index (κ1) is 24.5. The molecule has 3 rings (SSSR count). The second-order valence-electron chi connectivity index (χ2n) is 6.23. The maximum Gasteiger partial charge on any atom is -1.00 e. The second kappa shape index (κ2) is 10.6. The summed E-state index contributed by atoms with van der Waals surface area (Å²) in [5.41, 5.74) is 8.49. The first-order valence-electron chi connectivity index (χ1n) is 7.81. The summed E-state index contributed by atoms with van der Waals surface area (Å²) >= 11 is 2.23. The van der Waals surface area contributed by atoms with Crippen molar-refractivity contribution >= 4 is 0 Å². The van der Waals surface area contributed by atoms with E-state index in [0.29, 0.717) is 5.92 Å². The summed E-state index contributed by atoms with van der Waals surface area (Å²) in [6.45, 7) is 6.62. The second-order valence-corrected chi connectivity index (χ2v) is 7.07. The summed E-state index contributed by atoms with van der Waals surface area (Å²) in [5, 5.41) is 0. The number of rotatable bonds is 3. The maximum absolute atomic E-state index is 2.36. The molecular formula is C21H21Cl3Ti. The molecule has 0 unspecified atom stereocenters. The zero-order valence-electron chi connectivity index (χ0n) is 14.6. The monoisotopic (exact) mass is 426 g/mol. The Morgan fingerprint density at radius 3 is 1.64 bits per heavy atom. The van der Waals surface area contributed by atoms with Gasteiger partial charge in [0.25, 0.3) is 0 Å². The molecule has 1 aliphatic rings. The van der Waals surface area contributed by atoms with Gasteiger partial charge >= 0.3 is 145 Å². The Hall–Kier alpha value is -0.496. The van der Waals surface area contributed by atoms with Gasteiger partial charge in [0, 0.05) is 0 Å². The Labute approximate surface area is 181 Å². The molecule has 0 heterocycles. The van der Waals surface area contributed by atoms with Crippen LogP contribution < -0.4 is 37.2 Å². The first-order chi connectivity index (χ1) is 10.6. The van der Waals surface area contributed by atoms with Gasteiger partial charge in [-0.15, -0.1) is 0 Å². The summed E-state index contributed by atoms with van der Waals surface area (Å²) in [5.74, 6) is 0.369. The zero-order chi connectivity index (χ0) is 15.7. The van der Waals surface area contributed by atoms with Crippen molar-refractivity contribution in [1.29, 1.82) is 0 Å². The summed E-state index contributed by atoms with van der Waals surface area (Å²) in [7, 11) is 0. The topological polar surface area (TPSA) is 0 Å². The van der Waals surface area contributed by atoms with E-state index in [-0.39, 0.29) is 37.2 Å². The minimum Gasteiger partial charge on any atom is -1.00 e. The molecule has 0 N–H and O–H groups in total. The molecule has 130 valence electrons. The number of allylic oxidation sites excluding steroid dienone is 4. The molecule has 4 heteroatoms. The molecule has 0 amide bonds. The van der Waals surface area contributed by atoms with Gasteiger partial charge in [0.05, 0.1) is 0 Å². The minimum atomic E-state index is 0. The fraction of sp³-hybridized carbons (Fsp3) is 0.238. The quantitative estimate of drug-likeness (QED) is 0.448. The third-order valence-corrected chi connectivity index (χ3v) is 5.42. The molecule has 0 aliphatic heterocycles. The smallest absolute Gasteiger partial charge is 1.00 e. The number of halogens is 3. The van der Waals surface area contributed by atoms with Gasteiger partial charge in [-0.2, -0.15) is 0 Å². The van der Waals surface area contributed by atoms with Crippen molar-refractivity contribution in [1.82, 2.24) is 0 Å². The summed E-state index contributed by atoms with van der Waals surface area (Å²) in [4.78, 5) is 0. The predicted octanol–water partition coefficient (Wildman–Crippen LogP) is -3.40. The van der Waals surface area contributed by atoms with E-state index in [4.69, 9.17) is 0 Å². The normalized spacial score (nSPS) is 13.0. The van der Waals surface area contributed by atoms with Gasteiger partial charge in [0.1, 0.15) is 0 Å². The van der Waals surface area contributed by atoms with Crippen molar-refractivity contribution in [3.63, 3.8) is 0 Å². The van der Waals surface area contributed by atoms with Crippen LogP contribution in [-0.4, -0.2) is 0 Å². The Balaban J connectivity index is 0.00000192. The molecule has 0 spiro atoms. The summed E-state index contributed by atoms with van der Waals surface area (Å²) < 4.78 is 1.43. The first-order valence-corrected chi connectivity index (χ1v) is 8.59. The number of benzene rings is 2. The van der Waals surface area contributed by atoms with Crippen LogP contribution in [-0.2, 0) is 20.4 Å². The Bertz CT molecular complexity index is 733. The van der Waals surface area contributed by atoms with Gasteiger partial charge in [0.15, 0.2) is 0 Å². The third-order valence-electron chi connectivity index (χ3n) is 4.51. The molecule has 0 aromatic heterocycles. The van der Waals surface area contributed by atoms with E-state index in [1.54, 1.807) is 5.57 Å². The fourth-order valence-electron chi connectivity index (χ4n) is 3.32. The van der Waals surface area contributed by atoms with Crippen LogP contribution >= 0.6 is 0 Å². The van der Waals surface area contributed by atoms with Gasteiger partial charge in [-0.3, -0.25) is 0 Å². The number of aryl methyl sites for hydroxylation is 2. The van der Waals surface area contributed by atoms with Crippen LogP contribution in [0, 0.1) is 13.8 Å². The van der Waals surface area contributed by atoms with Gasteiger partial charge in [-0.05, 0) is 0 Å². The molecule has 2 aromatic carbocycles. The van der Waals surface area contributed by atoms with Gasteiger partial charge in [-0.25, -0.2) is 0 Å². The largest absolute Gasteiger partial charge is 1.00 e. The molecule has 0 saturated carbocycles. The molecule has 25 heavy (non-hydrogen) atoms. The molecule has 1 aliphatic carbocycles. The van der Waals surface area contributed by atoms with E-state index < -0.39 is 0 Å². The van der Waals surface area contributed by atoms with Crippen LogP contribution in [0.5, 0.6) is 0 Å². The van der Waals surface area contributed by atoms with E-state index in [0.717, 1.165) is 6.42 Å². The average molecular weight is 428 g/mol. The van der Waals surface area contributed by atoms with Crippen molar-refractivity contribution in [3.05, 3.63) is 91.9 Å². The fourth-order valence-corrected chi connectivity index (χ4v) is 3.73. The van der Waals surface area contributed by atoms with E-state index in [1.807, 2.05) is 0 Å². The average Bonchev–Trinajstić information content (AvgIpc) is 2.80. The maximum atomic E-state index is 2.36. The molecule has 0 saturated heterocycles. The van der Waals surface area contributed by atoms with Gasteiger partial charge < -0.3 is 37.2 Å². The van der Waals surface area contributed by atoms with Crippen molar-refractivity contribution < 1.29 is 57.7 Å². The number of hydrogen-bond acceptors (Lipinski definition) is 0.